The van der Waals surface area contributed by atoms with Crippen LogP contribution in [0.15, 0.2) is 11.9 Å². The first-order chi connectivity index (χ1) is 14.1. The van der Waals surface area contributed by atoms with Gasteiger partial charge >= 0.3 is 0 Å². The number of hydrogen-bond acceptors (Lipinski definition) is 7. The number of rotatable bonds is 6. The van der Waals surface area contributed by atoms with Crippen LogP contribution in [0.3, 0.4) is 0 Å². The SMILES string of the molecule is C[C@@H](C1CCC(F)CC1)N(C)C1=CC(C2CNNC2)CC(NC2CNCCN2)N1. The smallest absolute Gasteiger partial charge is 0.100 e. The van der Waals surface area contributed by atoms with Gasteiger partial charge in [0.05, 0.1) is 18.2 Å². The monoisotopic (exact) mass is 409 g/mol. The van der Waals surface area contributed by atoms with Gasteiger partial charge < -0.3 is 15.5 Å². The third-order valence-electron chi connectivity index (χ3n) is 7.48. The quantitative estimate of drug-likeness (QED) is 0.380. The minimum Gasteiger partial charge on any atom is -0.359 e. The number of piperazine rings is 1. The molecule has 3 unspecified atom stereocenters. The van der Waals surface area contributed by atoms with E-state index in [1.54, 1.807) is 0 Å². The lowest BCUT2D eigenvalue weighted by molar-refractivity contribution is 0.129. The zero-order valence-electron chi connectivity index (χ0n) is 18.0. The van der Waals surface area contributed by atoms with Gasteiger partial charge in [-0.25, -0.2) is 4.39 Å². The Balaban J connectivity index is 1.43. The van der Waals surface area contributed by atoms with Crippen LogP contribution in [0.25, 0.3) is 0 Å². The van der Waals surface area contributed by atoms with Crippen molar-refractivity contribution in [1.82, 2.24) is 37.0 Å². The molecule has 0 aromatic heterocycles. The van der Waals surface area contributed by atoms with Gasteiger partial charge in [-0.05, 0) is 62.9 Å². The number of hydrogen-bond donors (Lipinski definition) is 6. The van der Waals surface area contributed by atoms with Crippen molar-refractivity contribution >= 4 is 0 Å². The molecule has 0 bridgehead atoms. The predicted molar refractivity (Wildman–Crippen MR) is 114 cm³/mol. The topological polar surface area (TPSA) is 75.4 Å². The number of allylic oxidation sites excluding steroid dienone is 1. The van der Waals surface area contributed by atoms with Crippen molar-refractivity contribution in [1.29, 1.82) is 0 Å². The van der Waals surface area contributed by atoms with Crippen molar-refractivity contribution in [3.05, 3.63) is 11.9 Å². The summed E-state index contributed by atoms with van der Waals surface area (Å²) in [6.07, 6.45) is 6.93. The molecule has 2 saturated heterocycles. The highest BCUT2D eigenvalue weighted by molar-refractivity contribution is 5.11. The first-order valence-electron chi connectivity index (χ1n) is 11.6. The van der Waals surface area contributed by atoms with E-state index in [2.05, 4.69) is 57.1 Å². The lowest BCUT2D eigenvalue weighted by Crippen LogP contribution is -2.62. The zero-order valence-corrected chi connectivity index (χ0v) is 18.0. The van der Waals surface area contributed by atoms with Crippen molar-refractivity contribution in [3.8, 4) is 0 Å². The molecule has 166 valence electrons. The van der Waals surface area contributed by atoms with E-state index in [0.29, 0.717) is 30.0 Å². The highest BCUT2D eigenvalue weighted by Gasteiger charge is 2.34. The molecule has 3 aliphatic heterocycles. The average Bonchev–Trinajstić information content (AvgIpc) is 3.29. The normalized spacial score (nSPS) is 37.6. The minimum absolute atomic E-state index is 0.245. The fourth-order valence-corrected chi connectivity index (χ4v) is 5.38. The van der Waals surface area contributed by atoms with E-state index >= 15 is 0 Å². The lowest BCUT2D eigenvalue weighted by Gasteiger charge is -2.43. The van der Waals surface area contributed by atoms with Crippen molar-refractivity contribution in [2.24, 2.45) is 17.8 Å². The Bertz CT molecular complexity index is 539. The number of nitrogens with zero attached hydrogens (tertiary/aromatic N) is 1. The van der Waals surface area contributed by atoms with Crippen LogP contribution in [0.4, 0.5) is 4.39 Å². The van der Waals surface area contributed by atoms with Crippen molar-refractivity contribution in [2.75, 3.05) is 39.8 Å². The lowest BCUT2D eigenvalue weighted by atomic mass is 9.82. The summed E-state index contributed by atoms with van der Waals surface area (Å²) < 4.78 is 13.6. The molecule has 6 N–H and O–H groups in total. The maximum atomic E-state index is 13.6. The first-order valence-corrected chi connectivity index (χ1v) is 11.6. The van der Waals surface area contributed by atoms with Crippen molar-refractivity contribution in [3.63, 3.8) is 0 Å². The number of hydrazine groups is 1. The first kappa shape index (κ1) is 21.3. The summed E-state index contributed by atoms with van der Waals surface area (Å²) in [5, 5.41) is 14.6. The molecule has 0 spiro atoms. The Hall–Kier alpha value is -0.930. The van der Waals surface area contributed by atoms with Crippen LogP contribution in [0, 0.1) is 17.8 Å². The fraction of sp³-hybridized carbons (Fsp3) is 0.905. The fourth-order valence-electron chi connectivity index (χ4n) is 5.38. The molecule has 0 aromatic rings. The predicted octanol–water partition coefficient (Wildman–Crippen LogP) is 0.445. The molecule has 4 rings (SSSR count). The molecule has 4 atom stereocenters. The molecular weight excluding hydrogens is 369 g/mol. The van der Waals surface area contributed by atoms with Gasteiger partial charge in [-0.2, -0.15) is 0 Å². The second-order valence-corrected chi connectivity index (χ2v) is 9.41. The average molecular weight is 410 g/mol. The Morgan fingerprint density at radius 3 is 2.52 bits per heavy atom. The van der Waals surface area contributed by atoms with Crippen LogP contribution in [0.2, 0.25) is 0 Å². The third kappa shape index (κ3) is 5.41. The number of halogens is 1. The van der Waals surface area contributed by atoms with Crippen molar-refractivity contribution < 1.29 is 4.39 Å². The Morgan fingerprint density at radius 2 is 1.83 bits per heavy atom. The van der Waals surface area contributed by atoms with Crippen LogP contribution in [-0.2, 0) is 0 Å². The summed E-state index contributed by atoms with van der Waals surface area (Å²) >= 11 is 0. The molecule has 0 amide bonds. The van der Waals surface area contributed by atoms with E-state index in [0.717, 1.165) is 64.8 Å². The van der Waals surface area contributed by atoms with Crippen LogP contribution < -0.4 is 32.1 Å². The van der Waals surface area contributed by atoms with E-state index in [-0.39, 0.29) is 6.17 Å². The molecule has 7 nitrogen and oxygen atoms in total. The Labute approximate surface area is 175 Å². The Kier molecular flexibility index (Phi) is 7.29. The standard InChI is InChI=1S/C21H40FN7/c1-14(15-3-5-18(22)6-4-15)29(2)21-10-16(17-11-25-26-12-17)9-19(28-21)27-20-13-23-7-8-24-20/h10,14-20,23-28H,3-9,11-13H2,1-2H3/t14-,15?,16?,18?,19?,20?/m0/s1. The second-order valence-electron chi connectivity index (χ2n) is 9.41. The summed E-state index contributed by atoms with van der Waals surface area (Å²) in [6, 6.07) is 0.412. The van der Waals surface area contributed by atoms with E-state index in [4.69, 9.17) is 0 Å². The molecule has 0 radical (unpaired) electrons. The van der Waals surface area contributed by atoms with Crippen LogP contribution in [0.5, 0.6) is 0 Å². The summed E-state index contributed by atoms with van der Waals surface area (Å²) in [6.45, 7) is 7.33. The van der Waals surface area contributed by atoms with E-state index < -0.39 is 6.17 Å². The van der Waals surface area contributed by atoms with Gasteiger partial charge in [0.1, 0.15) is 6.17 Å². The van der Waals surface area contributed by atoms with Crippen molar-refractivity contribution in [2.45, 2.75) is 63.6 Å². The van der Waals surface area contributed by atoms with Gasteiger partial charge in [-0.1, -0.05) is 0 Å². The molecule has 29 heavy (non-hydrogen) atoms. The summed E-state index contributed by atoms with van der Waals surface area (Å²) in [5.74, 6) is 2.93. The van der Waals surface area contributed by atoms with Gasteiger partial charge in [0.15, 0.2) is 0 Å². The maximum absolute atomic E-state index is 13.6. The molecule has 1 aliphatic carbocycles. The molecule has 1 saturated carbocycles. The number of alkyl halides is 1. The molecule has 4 aliphatic rings. The van der Waals surface area contributed by atoms with E-state index in [1.165, 1.54) is 5.82 Å². The molecule has 3 fully saturated rings. The van der Waals surface area contributed by atoms with Crippen LogP contribution >= 0.6 is 0 Å². The molecule has 8 heteroatoms. The largest absolute Gasteiger partial charge is 0.359 e. The Morgan fingerprint density at radius 1 is 1.07 bits per heavy atom. The molecular formula is C21H40FN7. The van der Waals surface area contributed by atoms with Gasteiger partial charge in [-0.15, -0.1) is 0 Å². The summed E-state index contributed by atoms with van der Waals surface area (Å²) in [5.41, 5.74) is 6.59. The van der Waals surface area contributed by atoms with Gasteiger partial charge in [0.25, 0.3) is 0 Å². The van der Waals surface area contributed by atoms with Gasteiger partial charge in [0.2, 0.25) is 0 Å². The van der Waals surface area contributed by atoms with E-state index in [1.807, 2.05) is 0 Å². The maximum Gasteiger partial charge on any atom is 0.100 e. The molecule has 3 heterocycles. The zero-order chi connectivity index (χ0) is 20.2. The third-order valence-corrected chi connectivity index (χ3v) is 7.48. The van der Waals surface area contributed by atoms with Gasteiger partial charge in [0, 0.05) is 45.8 Å². The van der Waals surface area contributed by atoms with E-state index in [9.17, 15) is 4.39 Å². The van der Waals surface area contributed by atoms with Crippen LogP contribution in [-0.4, -0.2) is 69.2 Å². The highest BCUT2D eigenvalue weighted by Crippen LogP contribution is 2.33. The van der Waals surface area contributed by atoms with Crippen LogP contribution in [0.1, 0.15) is 39.0 Å². The number of nitrogens with one attached hydrogen (secondary N) is 6. The second kappa shape index (κ2) is 9.92. The summed E-state index contributed by atoms with van der Waals surface area (Å²) in [4.78, 5) is 2.41. The van der Waals surface area contributed by atoms with Gasteiger partial charge in [-0.3, -0.25) is 21.5 Å². The summed E-state index contributed by atoms with van der Waals surface area (Å²) in [7, 11) is 2.20. The highest BCUT2D eigenvalue weighted by atomic mass is 19.1. The minimum atomic E-state index is -0.590. The molecule has 0 aromatic carbocycles.